The second kappa shape index (κ2) is 10.5. The van der Waals surface area contributed by atoms with Gasteiger partial charge < -0.3 is 9.13 Å². The number of hydrogen-bond donors (Lipinski definition) is 0. The molecule has 0 spiro atoms. The van der Waals surface area contributed by atoms with E-state index in [4.69, 9.17) is 4.98 Å². The average molecular weight is 677 g/mol. The van der Waals surface area contributed by atoms with E-state index in [0.717, 1.165) is 35.3 Å². The summed E-state index contributed by atoms with van der Waals surface area (Å²) in [5.41, 5.74) is 9.81. The predicted octanol–water partition coefficient (Wildman–Crippen LogP) is 8.53. The van der Waals surface area contributed by atoms with Crippen molar-refractivity contribution in [1.82, 2.24) is 14.1 Å². The zero-order valence-corrected chi connectivity index (χ0v) is 25.1. The number of nitrogens with zero attached hydrogens (tertiary/aromatic N) is 3. The number of aryl methyl sites for hydroxylation is 1. The van der Waals surface area contributed by atoms with Gasteiger partial charge in [-0.25, -0.2) is 0 Å². The number of fused-ring (bicyclic) bond motifs is 4. The van der Waals surface area contributed by atoms with E-state index in [2.05, 4.69) is 117 Å². The van der Waals surface area contributed by atoms with Crippen molar-refractivity contribution in [3.63, 3.8) is 0 Å². The van der Waals surface area contributed by atoms with Crippen LogP contribution in [0.5, 0.6) is 0 Å². The van der Waals surface area contributed by atoms with Crippen LogP contribution in [0.2, 0.25) is 0 Å². The molecule has 195 valence electrons. The van der Waals surface area contributed by atoms with Crippen LogP contribution in [0.15, 0.2) is 78.9 Å². The van der Waals surface area contributed by atoms with Crippen molar-refractivity contribution in [2.24, 2.45) is 18.9 Å². The molecule has 0 unspecified atom stereocenters. The van der Waals surface area contributed by atoms with Gasteiger partial charge in [0.15, 0.2) is 0 Å². The van der Waals surface area contributed by atoms with E-state index in [0.29, 0.717) is 11.8 Å². The molecule has 3 nitrogen and oxygen atoms in total. The molecule has 0 aliphatic rings. The molecule has 4 heteroatoms. The summed E-state index contributed by atoms with van der Waals surface area (Å²) in [6.45, 7) is 9.27. The van der Waals surface area contributed by atoms with Crippen LogP contribution in [0.1, 0.15) is 38.8 Å². The van der Waals surface area contributed by atoms with Gasteiger partial charge in [-0.1, -0.05) is 64.1 Å². The Bertz CT molecular complexity index is 1740. The molecule has 0 aliphatic heterocycles. The molecule has 0 bridgehead atoms. The van der Waals surface area contributed by atoms with Gasteiger partial charge in [0.05, 0.1) is 28.1 Å². The molecule has 4 aromatic carbocycles. The minimum absolute atomic E-state index is 0. The molecule has 0 N–H and O–H groups in total. The van der Waals surface area contributed by atoms with E-state index in [1.54, 1.807) is 0 Å². The molecule has 0 fully saturated rings. The SMILES string of the molecule is CC(C)Cc1cc(CC(C)C)c2c(c1-n1c(-c3[c-]cccc3)nc3ccccc31)c1ccccc1n2C.[Ir]. The molecule has 0 amide bonds. The van der Waals surface area contributed by atoms with Crippen molar-refractivity contribution in [2.45, 2.75) is 40.5 Å². The van der Waals surface area contributed by atoms with Gasteiger partial charge >= 0.3 is 0 Å². The van der Waals surface area contributed by atoms with Crippen molar-refractivity contribution in [3.8, 4) is 17.1 Å². The van der Waals surface area contributed by atoms with Gasteiger partial charge in [-0.15, -0.1) is 35.9 Å². The number of benzene rings is 4. The van der Waals surface area contributed by atoms with Crippen LogP contribution in [-0.4, -0.2) is 14.1 Å². The van der Waals surface area contributed by atoms with Gasteiger partial charge in [0.1, 0.15) is 0 Å². The first kappa shape index (κ1) is 26.4. The van der Waals surface area contributed by atoms with Gasteiger partial charge in [-0.3, -0.25) is 4.98 Å². The maximum Gasteiger partial charge on any atom is 0.0774 e. The number of rotatable bonds is 6. The quantitative estimate of drug-likeness (QED) is 0.162. The summed E-state index contributed by atoms with van der Waals surface area (Å²) in [4.78, 5) is 5.17. The zero-order valence-electron chi connectivity index (χ0n) is 22.7. The maximum absolute atomic E-state index is 5.17. The molecule has 6 aromatic rings. The maximum atomic E-state index is 5.17. The van der Waals surface area contributed by atoms with Crippen molar-refractivity contribution in [3.05, 3.63) is 96.1 Å². The molecule has 6 rings (SSSR count). The Morgan fingerprint density at radius 1 is 0.789 bits per heavy atom. The van der Waals surface area contributed by atoms with Crippen LogP contribution in [0.4, 0.5) is 0 Å². The Kier molecular flexibility index (Phi) is 7.31. The summed E-state index contributed by atoms with van der Waals surface area (Å²) < 4.78 is 4.81. The molecule has 38 heavy (non-hydrogen) atoms. The summed E-state index contributed by atoms with van der Waals surface area (Å²) in [6, 6.07) is 31.5. The Balaban J connectivity index is 0.00000294. The van der Waals surface area contributed by atoms with Crippen LogP contribution < -0.4 is 0 Å². The minimum Gasteiger partial charge on any atom is -0.343 e. The van der Waals surface area contributed by atoms with Crippen LogP contribution in [-0.2, 0) is 40.0 Å². The largest absolute Gasteiger partial charge is 0.343 e. The third kappa shape index (κ3) is 4.40. The summed E-state index contributed by atoms with van der Waals surface area (Å²) in [5, 5.41) is 2.62. The number of aromatic nitrogens is 3. The molecular formula is C34H34IrN3-. The van der Waals surface area contributed by atoms with Crippen LogP contribution >= 0.6 is 0 Å². The van der Waals surface area contributed by atoms with E-state index < -0.39 is 0 Å². The standard InChI is InChI=1S/C34H34N3.Ir/c1-22(2)19-25-21-26(20-23(3)4)33(31-27-15-9-11-17-29(27)36(5)32(25)31)37-30-18-12-10-16-28(30)35-34(37)24-13-7-6-8-14-24;/h6-13,15-18,21-23H,19-20H2,1-5H3;/q-1;. The average Bonchev–Trinajstić information content (AvgIpc) is 3.41. The Morgan fingerprint density at radius 3 is 2.16 bits per heavy atom. The monoisotopic (exact) mass is 677 g/mol. The summed E-state index contributed by atoms with van der Waals surface area (Å²) in [6.07, 6.45) is 2.06. The van der Waals surface area contributed by atoms with E-state index in [9.17, 15) is 0 Å². The van der Waals surface area contributed by atoms with E-state index in [1.165, 1.54) is 38.6 Å². The molecular weight excluding hydrogens is 643 g/mol. The summed E-state index contributed by atoms with van der Waals surface area (Å²) in [5.74, 6) is 2.04. The Hall–Kier alpha value is -3.20. The number of para-hydroxylation sites is 3. The van der Waals surface area contributed by atoms with Gasteiger partial charge in [-0.05, 0) is 54.0 Å². The molecule has 2 heterocycles. The van der Waals surface area contributed by atoms with Crippen LogP contribution in [0, 0.1) is 17.9 Å². The Morgan fingerprint density at radius 2 is 1.45 bits per heavy atom. The fourth-order valence-corrected chi connectivity index (χ4v) is 5.93. The van der Waals surface area contributed by atoms with Crippen LogP contribution in [0.3, 0.4) is 0 Å². The smallest absolute Gasteiger partial charge is 0.0774 e. The third-order valence-electron chi connectivity index (χ3n) is 7.29. The molecule has 0 saturated carbocycles. The number of hydrogen-bond acceptors (Lipinski definition) is 1. The predicted molar refractivity (Wildman–Crippen MR) is 156 cm³/mol. The second-order valence-corrected chi connectivity index (χ2v) is 11.1. The van der Waals surface area contributed by atoms with Crippen molar-refractivity contribution >= 4 is 32.8 Å². The van der Waals surface area contributed by atoms with Crippen molar-refractivity contribution in [2.75, 3.05) is 0 Å². The van der Waals surface area contributed by atoms with Gasteiger partial charge in [0.25, 0.3) is 0 Å². The van der Waals surface area contributed by atoms with Gasteiger partial charge in [-0.2, -0.15) is 0 Å². The Labute approximate surface area is 238 Å². The first-order valence-electron chi connectivity index (χ1n) is 13.4. The fourth-order valence-electron chi connectivity index (χ4n) is 5.93. The van der Waals surface area contributed by atoms with Gasteiger partial charge in [0, 0.05) is 43.4 Å². The first-order chi connectivity index (χ1) is 17.9. The molecule has 2 aromatic heterocycles. The zero-order chi connectivity index (χ0) is 25.7. The van der Waals surface area contributed by atoms with E-state index in [-0.39, 0.29) is 20.1 Å². The van der Waals surface area contributed by atoms with Crippen molar-refractivity contribution in [1.29, 1.82) is 0 Å². The van der Waals surface area contributed by atoms with Crippen LogP contribution in [0.25, 0.3) is 49.9 Å². The second-order valence-electron chi connectivity index (χ2n) is 11.1. The summed E-state index contributed by atoms with van der Waals surface area (Å²) in [7, 11) is 2.22. The summed E-state index contributed by atoms with van der Waals surface area (Å²) >= 11 is 0. The van der Waals surface area contributed by atoms with E-state index in [1.807, 2.05) is 12.1 Å². The van der Waals surface area contributed by atoms with E-state index >= 15 is 0 Å². The third-order valence-corrected chi connectivity index (χ3v) is 7.29. The molecule has 0 atom stereocenters. The minimum atomic E-state index is 0. The molecule has 0 aliphatic carbocycles. The fraction of sp³-hybridized carbons (Fsp3) is 0.265. The van der Waals surface area contributed by atoms with Gasteiger partial charge in [0.2, 0.25) is 0 Å². The number of imidazole rings is 1. The van der Waals surface area contributed by atoms with Crippen molar-refractivity contribution < 1.29 is 20.1 Å². The first-order valence-corrected chi connectivity index (χ1v) is 13.4. The molecule has 0 saturated heterocycles. The molecule has 1 radical (unpaired) electrons. The topological polar surface area (TPSA) is 22.8 Å². The normalized spacial score (nSPS) is 11.8.